The summed E-state index contributed by atoms with van der Waals surface area (Å²) in [4.78, 5) is 14.4. The van der Waals surface area contributed by atoms with Crippen LogP contribution in [0.25, 0.3) is 0 Å². The molecule has 0 aliphatic heterocycles. The van der Waals surface area contributed by atoms with E-state index >= 15 is 0 Å². The van der Waals surface area contributed by atoms with Gasteiger partial charge in [0, 0.05) is 12.6 Å². The Bertz CT molecular complexity index is 254. The van der Waals surface area contributed by atoms with Crippen molar-refractivity contribution in [2.75, 3.05) is 13.1 Å². The Morgan fingerprint density at radius 1 is 1.35 bits per heavy atom. The number of amides is 1. The molecule has 5 heteroatoms. The fourth-order valence-electron chi connectivity index (χ4n) is 1.70. The molecule has 0 bridgehead atoms. The summed E-state index contributed by atoms with van der Waals surface area (Å²) in [7, 11) is 0. The third-order valence-corrected chi connectivity index (χ3v) is 3.15. The molecule has 0 aromatic rings. The van der Waals surface area contributed by atoms with E-state index in [1.807, 2.05) is 18.7 Å². The minimum absolute atomic E-state index is 0.0526. The highest BCUT2D eigenvalue weighted by atomic mass is 32.1. The zero-order valence-electron chi connectivity index (χ0n) is 11.3. The Kier molecular flexibility index (Phi) is 8.08. The van der Waals surface area contributed by atoms with Gasteiger partial charge in [0.15, 0.2) is 0 Å². The lowest BCUT2D eigenvalue weighted by atomic mass is 10.1. The second-order valence-electron chi connectivity index (χ2n) is 4.23. The van der Waals surface area contributed by atoms with Gasteiger partial charge in [-0.15, -0.1) is 0 Å². The van der Waals surface area contributed by atoms with Crippen molar-refractivity contribution in [1.82, 2.24) is 10.2 Å². The standard InChI is InChI=1S/C12H25N3OS/c1-5-10(6-2)14-12(16)9(4)15(7-3)8-11(13)17/h9-10H,5-8H2,1-4H3,(H2,13,17)(H,14,16). The molecular weight excluding hydrogens is 234 g/mol. The van der Waals surface area contributed by atoms with Crippen LogP contribution in [-0.2, 0) is 4.79 Å². The van der Waals surface area contributed by atoms with E-state index in [4.69, 9.17) is 18.0 Å². The number of nitrogens with zero attached hydrogens (tertiary/aromatic N) is 1. The summed E-state index contributed by atoms with van der Waals surface area (Å²) in [6.45, 7) is 9.29. The van der Waals surface area contributed by atoms with E-state index in [9.17, 15) is 4.79 Å². The molecule has 0 saturated carbocycles. The molecule has 100 valence electrons. The van der Waals surface area contributed by atoms with Crippen LogP contribution in [-0.4, -0.2) is 41.0 Å². The Balaban J connectivity index is 4.39. The molecule has 0 aromatic heterocycles. The van der Waals surface area contributed by atoms with Crippen LogP contribution in [0.3, 0.4) is 0 Å². The Hall–Kier alpha value is -0.680. The highest BCUT2D eigenvalue weighted by Crippen LogP contribution is 2.02. The zero-order chi connectivity index (χ0) is 13.4. The van der Waals surface area contributed by atoms with Crippen molar-refractivity contribution >= 4 is 23.1 Å². The summed E-state index contributed by atoms with van der Waals surface area (Å²) in [5.41, 5.74) is 5.52. The van der Waals surface area contributed by atoms with Crippen LogP contribution in [0, 0.1) is 0 Å². The maximum atomic E-state index is 12.0. The van der Waals surface area contributed by atoms with E-state index in [1.54, 1.807) is 0 Å². The molecule has 1 unspecified atom stereocenters. The number of hydrogen-bond acceptors (Lipinski definition) is 3. The van der Waals surface area contributed by atoms with Gasteiger partial charge in [-0.2, -0.15) is 0 Å². The van der Waals surface area contributed by atoms with Crippen molar-refractivity contribution in [3.63, 3.8) is 0 Å². The second kappa shape index (κ2) is 8.42. The largest absolute Gasteiger partial charge is 0.392 e. The highest BCUT2D eigenvalue weighted by Gasteiger charge is 2.21. The lowest BCUT2D eigenvalue weighted by Crippen LogP contribution is -2.50. The molecule has 0 fully saturated rings. The lowest BCUT2D eigenvalue weighted by molar-refractivity contribution is -0.126. The summed E-state index contributed by atoms with van der Waals surface area (Å²) in [6.07, 6.45) is 1.91. The number of hydrogen-bond donors (Lipinski definition) is 2. The molecule has 3 N–H and O–H groups in total. The topological polar surface area (TPSA) is 58.4 Å². The van der Waals surface area contributed by atoms with E-state index in [2.05, 4.69) is 19.2 Å². The first kappa shape index (κ1) is 16.3. The predicted octanol–water partition coefficient (Wildman–Crippen LogP) is 1.29. The van der Waals surface area contributed by atoms with Crippen molar-refractivity contribution < 1.29 is 4.79 Å². The number of rotatable bonds is 8. The average Bonchev–Trinajstić information content (AvgIpc) is 2.31. The summed E-state index contributed by atoms with van der Waals surface area (Å²) in [6, 6.07) is 0.0654. The Labute approximate surface area is 110 Å². The van der Waals surface area contributed by atoms with Crippen molar-refractivity contribution in [2.45, 2.75) is 52.6 Å². The van der Waals surface area contributed by atoms with Gasteiger partial charge in [0.1, 0.15) is 0 Å². The molecule has 0 heterocycles. The number of carbonyl (C=O) groups excluding carboxylic acids is 1. The van der Waals surface area contributed by atoms with Crippen LogP contribution < -0.4 is 11.1 Å². The van der Waals surface area contributed by atoms with Crippen molar-refractivity contribution in [3.05, 3.63) is 0 Å². The number of likely N-dealkylation sites (N-methyl/N-ethyl adjacent to an activating group) is 1. The van der Waals surface area contributed by atoms with Gasteiger partial charge >= 0.3 is 0 Å². The van der Waals surface area contributed by atoms with Gasteiger partial charge in [0.05, 0.1) is 11.0 Å². The quantitative estimate of drug-likeness (QED) is 0.645. The molecule has 0 aliphatic carbocycles. The molecule has 0 rings (SSSR count). The third kappa shape index (κ3) is 5.98. The fourth-order valence-corrected chi connectivity index (χ4v) is 1.87. The average molecular weight is 259 g/mol. The van der Waals surface area contributed by atoms with E-state index in [1.165, 1.54) is 0 Å². The molecule has 0 aliphatic rings. The van der Waals surface area contributed by atoms with E-state index in [0.29, 0.717) is 11.5 Å². The molecule has 17 heavy (non-hydrogen) atoms. The van der Waals surface area contributed by atoms with Crippen LogP contribution in [0.15, 0.2) is 0 Å². The van der Waals surface area contributed by atoms with Crippen molar-refractivity contribution in [1.29, 1.82) is 0 Å². The fraction of sp³-hybridized carbons (Fsp3) is 0.833. The molecule has 4 nitrogen and oxygen atoms in total. The molecule has 0 saturated heterocycles. The Morgan fingerprint density at radius 2 is 1.88 bits per heavy atom. The van der Waals surface area contributed by atoms with Crippen LogP contribution >= 0.6 is 12.2 Å². The van der Waals surface area contributed by atoms with Gasteiger partial charge in [-0.25, -0.2) is 0 Å². The lowest BCUT2D eigenvalue weighted by Gasteiger charge is -2.28. The third-order valence-electron chi connectivity index (χ3n) is 3.02. The monoisotopic (exact) mass is 259 g/mol. The Morgan fingerprint density at radius 3 is 2.24 bits per heavy atom. The summed E-state index contributed by atoms with van der Waals surface area (Å²) < 4.78 is 0. The number of carbonyl (C=O) groups is 1. The molecule has 0 spiro atoms. The van der Waals surface area contributed by atoms with Crippen LogP contribution in [0.4, 0.5) is 0 Å². The van der Waals surface area contributed by atoms with Gasteiger partial charge in [0.25, 0.3) is 0 Å². The minimum Gasteiger partial charge on any atom is -0.392 e. The number of nitrogens with two attached hydrogens (primary N) is 1. The van der Waals surface area contributed by atoms with E-state index < -0.39 is 0 Å². The first-order valence-corrected chi connectivity index (χ1v) is 6.69. The number of nitrogens with one attached hydrogen (secondary N) is 1. The van der Waals surface area contributed by atoms with Crippen LogP contribution in [0.5, 0.6) is 0 Å². The van der Waals surface area contributed by atoms with Gasteiger partial charge in [0.2, 0.25) is 5.91 Å². The summed E-state index contributed by atoms with van der Waals surface area (Å²) in [5.74, 6) is 0.0526. The maximum Gasteiger partial charge on any atom is 0.237 e. The number of thiocarbonyl (C=S) groups is 1. The molecule has 0 aromatic carbocycles. The summed E-state index contributed by atoms with van der Waals surface area (Å²) >= 11 is 4.88. The zero-order valence-corrected chi connectivity index (χ0v) is 12.1. The predicted molar refractivity (Wildman–Crippen MR) is 76.0 cm³/mol. The molecular formula is C12H25N3OS. The van der Waals surface area contributed by atoms with Crippen LogP contribution in [0.1, 0.15) is 40.5 Å². The van der Waals surface area contributed by atoms with E-state index in [-0.39, 0.29) is 18.0 Å². The normalized spacial score (nSPS) is 12.8. The van der Waals surface area contributed by atoms with Crippen molar-refractivity contribution in [2.24, 2.45) is 5.73 Å². The molecule has 0 radical (unpaired) electrons. The SMILES string of the molecule is CCC(CC)NC(=O)C(C)N(CC)CC(N)=S. The second-order valence-corrected chi connectivity index (χ2v) is 4.75. The van der Waals surface area contributed by atoms with Gasteiger partial charge in [-0.3, -0.25) is 9.69 Å². The highest BCUT2D eigenvalue weighted by molar-refractivity contribution is 7.80. The van der Waals surface area contributed by atoms with Crippen LogP contribution in [0.2, 0.25) is 0 Å². The van der Waals surface area contributed by atoms with Gasteiger partial charge in [-0.05, 0) is 26.3 Å². The van der Waals surface area contributed by atoms with E-state index in [0.717, 1.165) is 19.4 Å². The first-order chi connectivity index (χ1) is 7.96. The molecule has 1 atom stereocenters. The van der Waals surface area contributed by atoms with Gasteiger partial charge in [-0.1, -0.05) is 33.0 Å². The van der Waals surface area contributed by atoms with Crippen molar-refractivity contribution in [3.8, 4) is 0 Å². The molecule has 1 amide bonds. The first-order valence-electron chi connectivity index (χ1n) is 6.28. The minimum atomic E-state index is -0.193. The maximum absolute atomic E-state index is 12.0. The summed E-state index contributed by atoms with van der Waals surface area (Å²) in [5, 5.41) is 3.04. The van der Waals surface area contributed by atoms with Gasteiger partial charge < -0.3 is 11.1 Å². The smallest absolute Gasteiger partial charge is 0.237 e.